The molecule has 2 heterocycles. The van der Waals surface area contributed by atoms with Crippen LogP contribution in [0.1, 0.15) is 36.5 Å². The number of fused-ring (bicyclic) bond motifs is 1. The van der Waals surface area contributed by atoms with Gasteiger partial charge in [-0.05, 0) is 49.3 Å². The van der Waals surface area contributed by atoms with Gasteiger partial charge in [-0.15, -0.1) is 0 Å². The lowest BCUT2D eigenvalue weighted by Crippen LogP contribution is -2.45. The Bertz CT molecular complexity index is 974. The molecule has 0 unspecified atom stereocenters. The second kappa shape index (κ2) is 6.58. The molecule has 8 nitrogen and oxygen atoms in total. The van der Waals surface area contributed by atoms with Crippen LogP contribution in [0.3, 0.4) is 0 Å². The zero-order chi connectivity index (χ0) is 20.1. The van der Waals surface area contributed by atoms with Gasteiger partial charge in [-0.1, -0.05) is 18.2 Å². The van der Waals surface area contributed by atoms with Crippen molar-refractivity contribution in [3.05, 3.63) is 34.9 Å². The Morgan fingerprint density at radius 3 is 2.75 bits per heavy atom. The van der Waals surface area contributed by atoms with Crippen LogP contribution < -0.4 is 10.6 Å². The fourth-order valence-electron chi connectivity index (χ4n) is 4.24. The first-order valence-corrected chi connectivity index (χ1v) is 11.3. The van der Waals surface area contributed by atoms with Crippen LogP contribution in [0, 0.1) is 0 Å². The van der Waals surface area contributed by atoms with Gasteiger partial charge in [0, 0.05) is 6.04 Å². The predicted octanol–water partition coefficient (Wildman–Crippen LogP) is 0.246. The van der Waals surface area contributed by atoms with Gasteiger partial charge >= 0.3 is 6.03 Å². The molecule has 28 heavy (non-hydrogen) atoms. The smallest absolute Gasteiger partial charge is 0.325 e. The molecule has 2 N–H and O–H groups in total. The highest BCUT2D eigenvalue weighted by Gasteiger charge is 2.49. The van der Waals surface area contributed by atoms with Crippen LogP contribution in [0.15, 0.2) is 18.2 Å². The molecule has 4 rings (SSSR count). The van der Waals surface area contributed by atoms with Crippen molar-refractivity contribution in [2.24, 2.45) is 0 Å². The monoisotopic (exact) mass is 405 g/mol. The average molecular weight is 405 g/mol. The van der Waals surface area contributed by atoms with E-state index in [9.17, 15) is 22.8 Å². The largest absolute Gasteiger partial charge is 0.351 e. The molecule has 0 spiro atoms. The average Bonchev–Trinajstić information content (AvgIpc) is 3.28. The molecule has 150 valence electrons. The first-order chi connectivity index (χ1) is 13.2. The van der Waals surface area contributed by atoms with Crippen LogP contribution in [0.5, 0.6) is 0 Å². The molecule has 0 aromatic heterocycles. The molecule has 3 aliphatic rings. The third-order valence-electron chi connectivity index (χ3n) is 5.85. The van der Waals surface area contributed by atoms with Crippen LogP contribution >= 0.6 is 0 Å². The standard InChI is InChI=1S/C19H23N3O5S/c1-19(14-6-5-12-3-2-4-13(12)9-14)17(24)22(18(25)21-19)10-16(23)20-15-7-8-28(26,27)11-15/h5-6,9,15H,2-4,7-8,10-11H2,1H3,(H,20,23)(H,21,25)/t15-,19+/m1/s1. The van der Waals surface area contributed by atoms with Gasteiger partial charge in [0.1, 0.15) is 12.1 Å². The number of aryl methyl sites for hydroxylation is 2. The van der Waals surface area contributed by atoms with Gasteiger partial charge in [0.25, 0.3) is 5.91 Å². The summed E-state index contributed by atoms with van der Waals surface area (Å²) in [4.78, 5) is 38.6. The minimum atomic E-state index is -3.12. The number of urea groups is 1. The molecule has 0 saturated carbocycles. The van der Waals surface area contributed by atoms with E-state index in [2.05, 4.69) is 10.6 Å². The number of sulfone groups is 1. The van der Waals surface area contributed by atoms with Crippen LogP contribution in [0.2, 0.25) is 0 Å². The third kappa shape index (κ3) is 3.28. The summed E-state index contributed by atoms with van der Waals surface area (Å²) < 4.78 is 23.0. The van der Waals surface area contributed by atoms with E-state index < -0.39 is 45.8 Å². The van der Waals surface area contributed by atoms with E-state index in [1.165, 1.54) is 11.1 Å². The summed E-state index contributed by atoms with van der Waals surface area (Å²) in [7, 11) is -3.12. The number of nitrogens with zero attached hydrogens (tertiary/aromatic N) is 1. The number of nitrogens with one attached hydrogen (secondary N) is 2. The number of hydrogen-bond donors (Lipinski definition) is 2. The number of carbonyl (C=O) groups is 3. The van der Waals surface area contributed by atoms with Crippen molar-refractivity contribution in [3.8, 4) is 0 Å². The van der Waals surface area contributed by atoms with Crippen molar-refractivity contribution in [1.82, 2.24) is 15.5 Å². The van der Waals surface area contributed by atoms with Crippen molar-refractivity contribution >= 4 is 27.7 Å². The molecule has 2 atom stereocenters. The van der Waals surface area contributed by atoms with Crippen molar-refractivity contribution in [2.75, 3.05) is 18.1 Å². The Kier molecular flexibility index (Phi) is 4.45. The highest BCUT2D eigenvalue weighted by Crippen LogP contribution is 2.32. The van der Waals surface area contributed by atoms with Gasteiger partial charge < -0.3 is 10.6 Å². The molecule has 2 fully saturated rings. The second-order valence-electron chi connectivity index (χ2n) is 7.95. The summed E-state index contributed by atoms with van der Waals surface area (Å²) in [5.74, 6) is -1.09. The summed E-state index contributed by atoms with van der Waals surface area (Å²) in [5.41, 5.74) is 1.95. The second-order valence-corrected chi connectivity index (χ2v) is 10.2. The summed E-state index contributed by atoms with van der Waals surface area (Å²) in [6.07, 6.45) is 3.41. The lowest BCUT2D eigenvalue weighted by Gasteiger charge is -2.23. The van der Waals surface area contributed by atoms with E-state index in [-0.39, 0.29) is 11.5 Å². The SMILES string of the molecule is C[C@@]1(c2ccc3c(c2)CCC3)NC(=O)N(CC(=O)N[C@@H]2CCS(=O)(=O)C2)C1=O. The van der Waals surface area contributed by atoms with Crippen molar-refractivity contribution in [2.45, 2.75) is 44.2 Å². The molecule has 2 aliphatic heterocycles. The molecule has 0 bridgehead atoms. The number of amides is 4. The van der Waals surface area contributed by atoms with Crippen LogP contribution in [-0.4, -0.2) is 55.3 Å². The zero-order valence-electron chi connectivity index (χ0n) is 15.7. The zero-order valence-corrected chi connectivity index (χ0v) is 16.5. The van der Waals surface area contributed by atoms with E-state index in [0.717, 1.165) is 24.2 Å². The van der Waals surface area contributed by atoms with E-state index in [0.29, 0.717) is 12.0 Å². The summed E-state index contributed by atoms with van der Waals surface area (Å²) >= 11 is 0. The van der Waals surface area contributed by atoms with Gasteiger partial charge in [-0.25, -0.2) is 13.2 Å². The maximum Gasteiger partial charge on any atom is 0.325 e. The highest BCUT2D eigenvalue weighted by atomic mass is 32.2. The Labute approximate surface area is 163 Å². The van der Waals surface area contributed by atoms with E-state index in [1.54, 1.807) is 6.92 Å². The molecular formula is C19H23N3O5S. The Balaban J connectivity index is 1.47. The molecule has 1 aromatic carbocycles. The van der Waals surface area contributed by atoms with Gasteiger partial charge in [-0.2, -0.15) is 0 Å². The minimum Gasteiger partial charge on any atom is -0.351 e. The molecule has 9 heteroatoms. The Morgan fingerprint density at radius 2 is 2.04 bits per heavy atom. The number of imide groups is 1. The summed E-state index contributed by atoms with van der Waals surface area (Å²) in [6.45, 7) is 1.22. The van der Waals surface area contributed by atoms with E-state index >= 15 is 0 Å². The fourth-order valence-corrected chi connectivity index (χ4v) is 5.92. The van der Waals surface area contributed by atoms with Gasteiger partial charge in [0.2, 0.25) is 5.91 Å². The number of carbonyl (C=O) groups excluding carboxylic acids is 3. The lowest BCUT2D eigenvalue weighted by atomic mass is 9.89. The van der Waals surface area contributed by atoms with Crippen LogP contribution in [0.25, 0.3) is 0 Å². The molecule has 0 radical (unpaired) electrons. The summed E-state index contributed by atoms with van der Waals surface area (Å²) in [5, 5.41) is 5.32. The molecular weight excluding hydrogens is 382 g/mol. The van der Waals surface area contributed by atoms with Crippen molar-refractivity contribution < 1.29 is 22.8 Å². The maximum absolute atomic E-state index is 13.0. The Morgan fingerprint density at radius 1 is 1.29 bits per heavy atom. The molecule has 4 amide bonds. The molecule has 1 aromatic rings. The summed E-state index contributed by atoms with van der Waals surface area (Å²) in [6, 6.07) is 4.73. The number of rotatable bonds is 4. The fraction of sp³-hybridized carbons (Fsp3) is 0.526. The van der Waals surface area contributed by atoms with Crippen LogP contribution in [-0.2, 0) is 37.8 Å². The van der Waals surface area contributed by atoms with Gasteiger partial charge in [0.05, 0.1) is 11.5 Å². The normalized spacial score (nSPS) is 28.3. The number of benzene rings is 1. The van der Waals surface area contributed by atoms with Crippen LogP contribution in [0.4, 0.5) is 4.79 Å². The first kappa shape index (κ1) is 18.9. The van der Waals surface area contributed by atoms with Gasteiger partial charge in [0.15, 0.2) is 9.84 Å². The van der Waals surface area contributed by atoms with Gasteiger partial charge in [-0.3, -0.25) is 14.5 Å². The predicted molar refractivity (Wildman–Crippen MR) is 101 cm³/mol. The lowest BCUT2D eigenvalue weighted by molar-refractivity contribution is -0.135. The quantitative estimate of drug-likeness (QED) is 0.697. The number of hydrogen-bond acceptors (Lipinski definition) is 5. The van der Waals surface area contributed by atoms with E-state index in [4.69, 9.17) is 0 Å². The van der Waals surface area contributed by atoms with Crippen molar-refractivity contribution in [3.63, 3.8) is 0 Å². The first-order valence-electron chi connectivity index (χ1n) is 9.44. The molecule has 2 saturated heterocycles. The minimum absolute atomic E-state index is 0.0392. The van der Waals surface area contributed by atoms with E-state index in [1.807, 2.05) is 18.2 Å². The Hall–Kier alpha value is -2.42. The maximum atomic E-state index is 13.0. The topological polar surface area (TPSA) is 113 Å². The third-order valence-corrected chi connectivity index (χ3v) is 7.62. The highest BCUT2D eigenvalue weighted by molar-refractivity contribution is 7.91. The molecule has 1 aliphatic carbocycles. The van der Waals surface area contributed by atoms with Crippen molar-refractivity contribution in [1.29, 1.82) is 0 Å².